The molecule has 254 valence electrons. The molecule has 2 aliphatic heterocycles. The van der Waals surface area contributed by atoms with Crippen LogP contribution >= 0.6 is 58.0 Å². The smallest absolute Gasteiger partial charge is 0.276 e. The zero-order valence-electron chi connectivity index (χ0n) is 24.0. The summed E-state index contributed by atoms with van der Waals surface area (Å²) in [5.74, 6) is -1.44. The first-order valence-corrected chi connectivity index (χ1v) is 17.4. The van der Waals surface area contributed by atoms with Crippen molar-refractivity contribution in [3.05, 3.63) is 77.0 Å². The molecule has 20 heteroatoms. The number of alkyl halides is 1. The number of ether oxygens (including phenoxy) is 2. The lowest BCUT2D eigenvalue weighted by atomic mass is 10.1. The standard InChI is InChI=1S/C14H13Cl3FN3O4S.C13H12Cl2FN3O2/c15-7-26(23,24)19-11-5-8(10(18)6-9(11)16)12-13(17)20-1-3-25-4-2-21(20)14(12)22;14-8-6-9(16)7(5-10(8)17)11-12(15)18-1-3-21-4-2-19(18)13(11)20/h5-6,19H,1-4,7H2;5-6H,1-4,17H2. The van der Waals surface area contributed by atoms with E-state index in [1.807, 2.05) is 0 Å². The quantitative estimate of drug-likeness (QED) is 0.212. The van der Waals surface area contributed by atoms with Crippen LogP contribution in [0.2, 0.25) is 20.4 Å². The van der Waals surface area contributed by atoms with Gasteiger partial charge in [-0.1, -0.05) is 46.4 Å². The molecule has 2 aliphatic rings. The van der Waals surface area contributed by atoms with Gasteiger partial charge in [0, 0.05) is 11.1 Å². The maximum atomic E-state index is 14.5. The van der Waals surface area contributed by atoms with E-state index < -0.39 is 32.4 Å². The van der Waals surface area contributed by atoms with Gasteiger partial charge in [0.1, 0.15) is 27.2 Å². The van der Waals surface area contributed by atoms with Gasteiger partial charge in [0.2, 0.25) is 10.0 Å². The second-order valence-electron chi connectivity index (χ2n) is 10.2. The maximum absolute atomic E-state index is 14.5. The molecule has 4 heterocycles. The molecular weight excluding hydrogens is 752 g/mol. The third-order valence-electron chi connectivity index (χ3n) is 7.23. The molecule has 0 fully saturated rings. The Hall–Kier alpha value is -2.76. The molecule has 0 bridgehead atoms. The number of nitrogens with zero attached hydrogens (tertiary/aromatic N) is 4. The first-order valence-electron chi connectivity index (χ1n) is 13.7. The zero-order valence-corrected chi connectivity index (χ0v) is 28.6. The maximum Gasteiger partial charge on any atom is 0.276 e. The van der Waals surface area contributed by atoms with E-state index in [0.29, 0.717) is 46.1 Å². The fourth-order valence-electron chi connectivity index (χ4n) is 5.04. The van der Waals surface area contributed by atoms with Crippen LogP contribution < -0.4 is 21.6 Å². The molecule has 47 heavy (non-hydrogen) atoms. The number of hydrogen-bond acceptors (Lipinski definition) is 7. The fraction of sp³-hybridized carbons (Fsp3) is 0.333. The van der Waals surface area contributed by atoms with Crippen LogP contribution in [0.15, 0.2) is 33.9 Å². The number of hydrogen-bond donors (Lipinski definition) is 2. The topological polar surface area (TPSA) is 145 Å². The summed E-state index contributed by atoms with van der Waals surface area (Å²) in [7, 11) is -3.86. The van der Waals surface area contributed by atoms with Crippen LogP contribution in [-0.4, -0.2) is 58.8 Å². The normalized spacial score (nSPS) is 14.8. The summed E-state index contributed by atoms with van der Waals surface area (Å²) in [6.07, 6.45) is 0. The first-order chi connectivity index (χ1) is 22.3. The molecule has 2 aromatic carbocycles. The Kier molecular flexibility index (Phi) is 10.9. The highest BCUT2D eigenvalue weighted by Crippen LogP contribution is 2.35. The Morgan fingerprint density at radius 3 is 1.62 bits per heavy atom. The van der Waals surface area contributed by atoms with Crippen molar-refractivity contribution in [2.24, 2.45) is 0 Å². The molecule has 0 radical (unpaired) electrons. The minimum Gasteiger partial charge on any atom is -0.398 e. The van der Waals surface area contributed by atoms with Gasteiger partial charge in [-0.05, 0) is 24.3 Å². The number of sulfonamides is 1. The summed E-state index contributed by atoms with van der Waals surface area (Å²) in [5.41, 5.74) is 4.83. The number of rotatable bonds is 5. The molecule has 0 spiro atoms. The summed E-state index contributed by atoms with van der Waals surface area (Å²) in [4.78, 5) is 25.2. The summed E-state index contributed by atoms with van der Waals surface area (Å²) in [6, 6.07) is 4.45. The Bertz CT molecular complexity index is 2080. The second-order valence-corrected chi connectivity index (χ2v) is 14.0. The predicted molar refractivity (Wildman–Crippen MR) is 178 cm³/mol. The number of benzene rings is 2. The monoisotopic (exact) mass is 774 g/mol. The lowest BCUT2D eigenvalue weighted by Crippen LogP contribution is -2.23. The van der Waals surface area contributed by atoms with Crippen LogP contribution in [0.25, 0.3) is 22.3 Å². The second kappa shape index (κ2) is 14.4. The third kappa shape index (κ3) is 7.17. The van der Waals surface area contributed by atoms with Gasteiger partial charge in [0.15, 0.2) is 0 Å². The molecule has 3 N–H and O–H groups in total. The van der Waals surface area contributed by atoms with Gasteiger partial charge < -0.3 is 15.2 Å². The first kappa shape index (κ1) is 35.5. The number of anilines is 2. The van der Waals surface area contributed by atoms with E-state index in [9.17, 15) is 26.8 Å². The van der Waals surface area contributed by atoms with Gasteiger partial charge in [0.05, 0.1) is 85.2 Å². The molecule has 0 saturated heterocycles. The van der Waals surface area contributed by atoms with E-state index in [0.717, 1.165) is 18.2 Å². The predicted octanol–water partition coefficient (Wildman–Crippen LogP) is 5.11. The van der Waals surface area contributed by atoms with Crippen LogP contribution in [-0.2, 0) is 45.7 Å². The van der Waals surface area contributed by atoms with Gasteiger partial charge in [-0.3, -0.25) is 23.7 Å². The van der Waals surface area contributed by atoms with E-state index in [4.69, 9.17) is 73.2 Å². The Morgan fingerprint density at radius 1 is 0.723 bits per heavy atom. The lowest BCUT2D eigenvalue weighted by Gasteiger charge is -2.10. The molecule has 0 aliphatic carbocycles. The van der Waals surface area contributed by atoms with Gasteiger partial charge >= 0.3 is 0 Å². The third-order valence-corrected chi connectivity index (χ3v) is 10.3. The van der Waals surface area contributed by atoms with E-state index >= 15 is 0 Å². The molecule has 0 unspecified atom stereocenters. The highest BCUT2D eigenvalue weighted by molar-refractivity contribution is 7.93. The van der Waals surface area contributed by atoms with Crippen molar-refractivity contribution in [2.45, 2.75) is 26.2 Å². The van der Waals surface area contributed by atoms with E-state index in [1.165, 1.54) is 20.1 Å². The Morgan fingerprint density at radius 2 is 1.15 bits per heavy atom. The Balaban J connectivity index is 0.000000189. The van der Waals surface area contributed by atoms with Crippen LogP contribution in [0.1, 0.15) is 0 Å². The van der Waals surface area contributed by atoms with Crippen molar-refractivity contribution in [2.75, 3.05) is 42.1 Å². The summed E-state index contributed by atoms with van der Waals surface area (Å²) in [5, 5.41) is -0.578. The van der Waals surface area contributed by atoms with E-state index in [2.05, 4.69) is 4.72 Å². The molecule has 0 saturated carbocycles. The number of nitrogens with two attached hydrogens (primary N) is 1. The van der Waals surface area contributed by atoms with Gasteiger partial charge in [-0.15, -0.1) is 11.6 Å². The van der Waals surface area contributed by atoms with Crippen molar-refractivity contribution in [3.63, 3.8) is 0 Å². The van der Waals surface area contributed by atoms with Crippen molar-refractivity contribution >= 4 is 79.4 Å². The minimum atomic E-state index is -3.86. The SMILES string of the molecule is Nc1cc(-c2c(Cl)n3n(c2=O)CCOCC3)c(F)cc1Cl.O=c1c(-c2cc(NS(=O)(=O)CCl)c(Cl)cc2F)c(Cl)n2n1CCOCC2. The van der Waals surface area contributed by atoms with Gasteiger partial charge in [0.25, 0.3) is 11.1 Å². The van der Waals surface area contributed by atoms with E-state index in [-0.39, 0.29) is 66.1 Å². The summed E-state index contributed by atoms with van der Waals surface area (Å²) in [6.45, 7) is 2.92. The number of aromatic nitrogens is 4. The molecule has 2 aromatic heterocycles. The number of nitrogen functional groups attached to an aromatic ring is 1. The van der Waals surface area contributed by atoms with Crippen molar-refractivity contribution in [1.82, 2.24) is 18.7 Å². The molecule has 4 aromatic rings. The van der Waals surface area contributed by atoms with Crippen LogP contribution in [0.5, 0.6) is 0 Å². The highest BCUT2D eigenvalue weighted by Gasteiger charge is 2.26. The lowest BCUT2D eigenvalue weighted by molar-refractivity contribution is 0.137. The van der Waals surface area contributed by atoms with Crippen LogP contribution in [0.4, 0.5) is 20.2 Å². The summed E-state index contributed by atoms with van der Waals surface area (Å²) < 4.78 is 70.7. The van der Waals surface area contributed by atoms with Crippen molar-refractivity contribution < 1.29 is 26.7 Å². The summed E-state index contributed by atoms with van der Waals surface area (Å²) >= 11 is 29.6. The van der Waals surface area contributed by atoms with Crippen LogP contribution in [0, 0.1) is 11.6 Å². The molecule has 12 nitrogen and oxygen atoms in total. The average Bonchev–Trinajstić information content (AvgIpc) is 3.26. The van der Waals surface area contributed by atoms with E-state index in [1.54, 1.807) is 4.68 Å². The van der Waals surface area contributed by atoms with Crippen molar-refractivity contribution in [1.29, 1.82) is 0 Å². The minimum absolute atomic E-state index is 0.0351. The van der Waals surface area contributed by atoms with Crippen LogP contribution in [0.3, 0.4) is 0 Å². The highest BCUT2D eigenvalue weighted by atomic mass is 35.5. The molecule has 0 amide bonds. The average molecular weight is 777 g/mol. The number of fused-ring (bicyclic) bond motifs is 2. The molecular formula is C27H25Cl5F2N6O6S. The van der Waals surface area contributed by atoms with Gasteiger partial charge in [-0.25, -0.2) is 26.6 Å². The fourth-order valence-corrected chi connectivity index (χ4v) is 6.88. The molecule has 6 rings (SSSR count). The number of halogens is 7. The number of nitrogens with one attached hydrogen (secondary N) is 1. The Labute approximate surface area is 291 Å². The largest absolute Gasteiger partial charge is 0.398 e. The van der Waals surface area contributed by atoms with Crippen molar-refractivity contribution in [3.8, 4) is 22.3 Å². The zero-order chi connectivity index (χ0) is 34.2. The van der Waals surface area contributed by atoms with Gasteiger partial charge in [-0.2, -0.15) is 0 Å². The molecule has 0 atom stereocenters.